The zero-order valence-corrected chi connectivity index (χ0v) is 20.6. The smallest absolute Gasteiger partial charge is 0.267 e. The first kappa shape index (κ1) is 23.4. The van der Waals surface area contributed by atoms with Crippen LogP contribution in [0.1, 0.15) is 45.4 Å². The third kappa shape index (κ3) is 4.30. The highest BCUT2D eigenvalue weighted by Crippen LogP contribution is 2.52. The fourth-order valence-electron chi connectivity index (χ4n) is 5.49. The second-order valence-corrected chi connectivity index (χ2v) is 9.78. The Bertz CT molecular complexity index is 1210. The van der Waals surface area contributed by atoms with Crippen LogP contribution in [0, 0.1) is 6.92 Å². The largest absolute Gasteiger partial charge is 0.484 e. The number of benzene rings is 2. The van der Waals surface area contributed by atoms with Gasteiger partial charge in [0.05, 0.1) is 17.8 Å². The van der Waals surface area contributed by atoms with Gasteiger partial charge in [0.1, 0.15) is 10.6 Å². The van der Waals surface area contributed by atoms with Crippen LogP contribution in [-0.2, 0) is 14.9 Å². The Labute approximate surface area is 208 Å². The number of carbonyl (C=O) groups excluding carboxylic acids is 2. The van der Waals surface area contributed by atoms with Crippen LogP contribution in [0.25, 0.3) is 0 Å². The van der Waals surface area contributed by atoms with Crippen molar-refractivity contribution >= 4 is 23.3 Å². The van der Waals surface area contributed by atoms with E-state index in [0.717, 1.165) is 29.9 Å². The van der Waals surface area contributed by atoms with E-state index in [2.05, 4.69) is 27.0 Å². The second kappa shape index (κ2) is 9.75. The van der Waals surface area contributed by atoms with E-state index in [9.17, 15) is 9.59 Å². The maximum atomic E-state index is 13.0. The number of rotatable bonds is 6. The summed E-state index contributed by atoms with van der Waals surface area (Å²) in [5.41, 5.74) is 2.63. The minimum absolute atomic E-state index is 0.0180. The van der Waals surface area contributed by atoms with Gasteiger partial charge in [-0.2, -0.15) is 0 Å². The minimum Gasteiger partial charge on any atom is -0.484 e. The molecular formula is C26H28N4O4S. The molecule has 0 bridgehead atoms. The van der Waals surface area contributed by atoms with Crippen molar-refractivity contribution in [3.8, 4) is 5.75 Å². The molecule has 8 nitrogen and oxygen atoms in total. The number of hydrogen-bond donors (Lipinski definition) is 1. The average Bonchev–Trinajstić information content (AvgIpc) is 3.43. The summed E-state index contributed by atoms with van der Waals surface area (Å²) in [4.78, 5) is 28.4. The molecule has 1 aliphatic heterocycles. The average molecular weight is 493 g/mol. The van der Waals surface area contributed by atoms with Crippen LogP contribution in [0.15, 0.2) is 54.6 Å². The number of hydrogen-bond acceptors (Lipinski definition) is 7. The summed E-state index contributed by atoms with van der Waals surface area (Å²) in [7, 11) is 1.70. The van der Waals surface area contributed by atoms with E-state index in [1.165, 1.54) is 5.56 Å². The van der Waals surface area contributed by atoms with Gasteiger partial charge in [-0.05, 0) is 54.6 Å². The molecule has 2 aliphatic rings. The molecule has 0 radical (unpaired) electrons. The van der Waals surface area contributed by atoms with E-state index in [0.29, 0.717) is 29.4 Å². The number of aromatic nitrogens is 2. The molecule has 2 amide bonds. The van der Waals surface area contributed by atoms with Gasteiger partial charge in [-0.15, -0.1) is 5.10 Å². The molecule has 5 rings (SSSR count). The van der Waals surface area contributed by atoms with E-state index >= 15 is 0 Å². The van der Waals surface area contributed by atoms with Crippen LogP contribution in [0.2, 0.25) is 0 Å². The predicted octanol–water partition coefficient (Wildman–Crippen LogP) is 3.29. The van der Waals surface area contributed by atoms with Crippen molar-refractivity contribution in [3.63, 3.8) is 0 Å². The summed E-state index contributed by atoms with van der Waals surface area (Å²) in [6.07, 6.45) is 1.24. The number of carbonyl (C=O) groups is 2. The van der Waals surface area contributed by atoms with Gasteiger partial charge in [-0.3, -0.25) is 9.59 Å². The van der Waals surface area contributed by atoms with Gasteiger partial charge in [-0.1, -0.05) is 47.0 Å². The lowest BCUT2D eigenvalue weighted by molar-refractivity contribution is -0.125. The Morgan fingerprint density at radius 1 is 1.11 bits per heavy atom. The number of aryl methyl sites for hydroxylation is 1. The van der Waals surface area contributed by atoms with E-state index in [1.54, 1.807) is 7.11 Å². The fraction of sp³-hybridized carbons (Fsp3) is 0.385. The Morgan fingerprint density at radius 2 is 1.83 bits per heavy atom. The number of ether oxygens (including phenoxy) is 2. The monoisotopic (exact) mass is 492 g/mol. The molecule has 0 saturated carbocycles. The van der Waals surface area contributed by atoms with Gasteiger partial charge >= 0.3 is 0 Å². The molecule has 2 aromatic carbocycles. The summed E-state index contributed by atoms with van der Waals surface area (Å²) in [6.45, 7) is 2.94. The molecule has 1 N–H and O–H groups in total. The van der Waals surface area contributed by atoms with Crippen molar-refractivity contribution in [2.75, 3.05) is 26.8 Å². The molecule has 2 heterocycles. The molecule has 1 aromatic heterocycles. The minimum atomic E-state index is -0.293. The SMILES string of the molecule is CO[C@H]1[C@H](NC(=O)COc2ccccc2)c2ccccc2C12CCN(C(=O)c1snnc1C)CC2. The van der Waals surface area contributed by atoms with E-state index in [-0.39, 0.29) is 36.0 Å². The summed E-state index contributed by atoms with van der Waals surface area (Å²) in [5, 5.41) is 7.14. The Balaban J connectivity index is 1.33. The standard InChI is InChI=1S/C26H28N4O4S/c1-17-23(35-29-28-17)25(32)30-14-12-26(13-15-30)20-11-7-6-10-19(20)22(24(26)33-2)27-21(31)16-34-18-8-4-3-5-9-18/h3-11,22,24H,12-16H2,1-2H3,(H,27,31)/t22-,24+/m1/s1. The zero-order chi connectivity index (χ0) is 24.4. The van der Waals surface area contributed by atoms with Gasteiger partial charge in [0, 0.05) is 25.6 Å². The molecule has 1 saturated heterocycles. The fourth-order valence-corrected chi connectivity index (χ4v) is 6.11. The molecule has 182 valence electrons. The summed E-state index contributed by atoms with van der Waals surface area (Å²) < 4.78 is 15.6. The first-order valence-corrected chi connectivity index (χ1v) is 12.5. The maximum absolute atomic E-state index is 13.0. The highest BCUT2D eigenvalue weighted by molar-refractivity contribution is 7.07. The Hall–Kier alpha value is -3.30. The van der Waals surface area contributed by atoms with Crippen molar-refractivity contribution in [1.82, 2.24) is 19.8 Å². The van der Waals surface area contributed by atoms with E-state index < -0.39 is 0 Å². The number of methoxy groups -OCH3 is 1. The van der Waals surface area contributed by atoms with Crippen LogP contribution in [-0.4, -0.2) is 59.2 Å². The predicted molar refractivity (Wildman–Crippen MR) is 132 cm³/mol. The summed E-state index contributed by atoms with van der Waals surface area (Å²) >= 11 is 1.14. The van der Waals surface area contributed by atoms with Gasteiger partial charge < -0.3 is 19.7 Å². The number of amides is 2. The third-order valence-corrected chi connectivity index (χ3v) is 7.97. The molecule has 35 heavy (non-hydrogen) atoms. The lowest BCUT2D eigenvalue weighted by Gasteiger charge is -2.44. The molecule has 9 heteroatoms. The quantitative estimate of drug-likeness (QED) is 0.568. The van der Waals surface area contributed by atoms with E-state index in [1.807, 2.05) is 54.3 Å². The number of para-hydroxylation sites is 1. The van der Waals surface area contributed by atoms with Crippen LogP contribution < -0.4 is 10.1 Å². The van der Waals surface area contributed by atoms with Crippen molar-refractivity contribution in [2.24, 2.45) is 0 Å². The molecular weight excluding hydrogens is 464 g/mol. The number of fused-ring (bicyclic) bond motifs is 2. The number of nitrogens with zero attached hydrogens (tertiary/aromatic N) is 3. The van der Waals surface area contributed by atoms with Crippen LogP contribution in [0.4, 0.5) is 0 Å². The molecule has 0 unspecified atom stereocenters. The molecule has 1 spiro atoms. The van der Waals surface area contributed by atoms with Gasteiger partial charge in [-0.25, -0.2) is 0 Å². The van der Waals surface area contributed by atoms with Gasteiger partial charge in [0.2, 0.25) is 0 Å². The summed E-state index contributed by atoms with van der Waals surface area (Å²) in [6, 6.07) is 17.2. The van der Waals surface area contributed by atoms with Gasteiger partial charge in [0.15, 0.2) is 6.61 Å². The lowest BCUT2D eigenvalue weighted by atomic mass is 9.72. The molecule has 3 aromatic rings. The number of piperidine rings is 1. The number of nitrogens with one attached hydrogen (secondary N) is 1. The van der Waals surface area contributed by atoms with Crippen LogP contribution in [0.5, 0.6) is 5.75 Å². The normalized spacial score (nSPS) is 20.5. The topological polar surface area (TPSA) is 93.7 Å². The Kier molecular flexibility index (Phi) is 6.53. The van der Waals surface area contributed by atoms with E-state index in [4.69, 9.17) is 9.47 Å². The van der Waals surface area contributed by atoms with Crippen LogP contribution >= 0.6 is 11.5 Å². The first-order valence-electron chi connectivity index (χ1n) is 11.7. The first-order chi connectivity index (χ1) is 17.0. The third-order valence-electron chi connectivity index (χ3n) is 7.15. The zero-order valence-electron chi connectivity index (χ0n) is 19.8. The van der Waals surface area contributed by atoms with Crippen molar-refractivity contribution in [1.29, 1.82) is 0 Å². The van der Waals surface area contributed by atoms with Crippen molar-refractivity contribution in [3.05, 3.63) is 76.3 Å². The van der Waals surface area contributed by atoms with Crippen LogP contribution in [0.3, 0.4) is 0 Å². The van der Waals surface area contributed by atoms with Gasteiger partial charge in [0.25, 0.3) is 11.8 Å². The Morgan fingerprint density at radius 3 is 2.51 bits per heavy atom. The highest BCUT2D eigenvalue weighted by atomic mass is 32.1. The second-order valence-electron chi connectivity index (χ2n) is 9.03. The van der Waals surface area contributed by atoms with Crippen molar-refractivity contribution < 1.29 is 19.1 Å². The van der Waals surface area contributed by atoms with Crippen molar-refractivity contribution in [2.45, 2.75) is 37.3 Å². The summed E-state index contributed by atoms with van der Waals surface area (Å²) in [5.74, 6) is 0.432. The highest BCUT2D eigenvalue weighted by Gasteiger charge is 2.54. The lowest BCUT2D eigenvalue weighted by Crippen LogP contribution is -2.52. The molecule has 2 atom stereocenters. The molecule has 1 fully saturated rings. The maximum Gasteiger partial charge on any atom is 0.267 e. The number of likely N-dealkylation sites (tertiary alicyclic amines) is 1. The molecule has 1 aliphatic carbocycles.